The van der Waals surface area contributed by atoms with E-state index in [4.69, 9.17) is 4.74 Å². The first kappa shape index (κ1) is 10.0. The van der Waals surface area contributed by atoms with E-state index in [-0.39, 0.29) is 6.09 Å². The van der Waals surface area contributed by atoms with Crippen molar-refractivity contribution in [3.05, 3.63) is 35.4 Å². The molecule has 1 saturated heterocycles. The maximum Gasteiger partial charge on any atom is 0.410 e. The third kappa shape index (κ3) is 2.29. The average Bonchev–Trinajstić information content (AvgIpc) is 2.14. The molecule has 0 atom stereocenters. The fraction of sp³-hybridized carbons (Fsp3) is 0.417. The third-order valence-electron chi connectivity index (χ3n) is 2.73. The Bertz CT molecular complexity index is 358. The largest absolute Gasteiger partial charge is 0.445 e. The molecule has 3 nitrogen and oxygen atoms in total. The van der Waals surface area contributed by atoms with E-state index in [0.717, 1.165) is 30.6 Å². The first-order valence-electron chi connectivity index (χ1n) is 5.23. The number of hydrogen-bond acceptors (Lipinski definition) is 2. The minimum Gasteiger partial charge on any atom is -0.445 e. The summed E-state index contributed by atoms with van der Waals surface area (Å²) in [7, 11) is 0. The highest BCUT2D eigenvalue weighted by Crippen LogP contribution is 2.12. The van der Waals surface area contributed by atoms with Crippen molar-refractivity contribution in [2.45, 2.75) is 20.0 Å². The van der Waals surface area contributed by atoms with E-state index < -0.39 is 0 Å². The highest BCUT2D eigenvalue weighted by atomic mass is 16.6. The van der Waals surface area contributed by atoms with Gasteiger partial charge in [0.2, 0.25) is 0 Å². The van der Waals surface area contributed by atoms with Crippen molar-refractivity contribution < 1.29 is 9.53 Å². The zero-order chi connectivity index (χ0) is 10.7. The van der Waals surface area contributed by atoms with Crippen LogP contribution in [0.25, 0.3) is 0 Å². The van der Waals surface area contributed by atoms with E-state index in [0.29, 0.717) is 6.61 Å². The van der Waals surface area contributed by atoms with Gasteiger partial charge in [0.1, 0.15) is 6.61 Å². The number of rotatable bonds is 2. The van der Waals surface area contributed by atoms with Crippen LogP contribution >= 0.6 is 0 Å². The molecule has 2 rings (SSSR count). The van der Waals surface area contributed by atoms with Gasteiger partial charge in [0, 0.05) is 13.1 Å². The number of ether oxygens (including phenoxy) is 1. The van der Waals surface area contributed by atoms with Gasteiger partial charge in [-0.3, -0.25) is 0 Å². The number of hydrogen-bond donors (Lipinski definition) is 0. The van der Waals surface area contributed by atoms with Crippen LogP contribution in [-0.4, -0.2) is 24.1 Å². The molecule has 0 aromatic heterocycles. The average molecular weight is 205 g/mol. The van der Waals surface area contributed by atoms with Gasteiger partial charge in [0.05, 0.1) is 0 Å². The molecule has 1 amide bonds. The summed E-state index contributed by atoms with van der Waals surface area (Å²) < 4.78 is 5.20. The van der Waals surface area contributed by atoms with E-state index in [1.807, 2.05) is 31.2 Å². The van der Waals surface area contributed by atoms with Gasteiger partial charge in [-0.1, -0.05) is 24.3 Å². The first-order valence-corrected chi connectivity index (χ1v) is 5.23. The lowest BCUT2D eigenvalue weighted by molar-refractivity contribution is 0.0753. The van der Waals surface area contributed by atoms with Crippen LogP contribution < -0.4 is 0 Å². The number of nitrogens with zero attached hydrogens (tertiary/aromatic N) is 1. The SMILES string of the molecule is Cc1ccccc1COC(=O)N1CCC1. The molecule has 1 aromatic rings. The molecule has 0 bridgehead atoms. The summed E-state index contributed by atoms with van der Waals surface area (Å²) in [5, 5.41) is 0. The maximum absolute atomic E-state index is 11.4. The quantitative estimate of drug-likeness (QED) is 0.741. The zero-order valence-corrected chi connectivity index (χ0v) is 8.90. The molecule has 1 fully saturated rings. The lowest BCUT2D eigenvalue weighted by Crippen LogP contribution is -2.42. The van der Waals surface area contributed by atoms with E-state index in [9.17, 15) is 4.79 Å². The summed E-state index contributed by atoms with van der Waals surface area (Å²) in [4.78, 5) is 13.1. The van der Waals surface area contributed by atoms with Crippen LogP contribution in [0.2, 0.25) is 0 Å². The second-order valence-corrected chi connectivity index (χ2v) is 3.82. The fourth-order valence-electron chi connectivity index (χ4n) is 1.50. The minimum absolute atomic E-state index is 0.190. The standard InChI is InChI=1S/C12H15NO2/c1-10-5-2-3-6-11(10)9-15-12(14)13-7-4-8-13/h2-3,5-6H,4,7-9H2,1H3. The molecule has 0 unspecified atom stereocenters. The van der Waals surface area contributed by atoms with Crippen LogP contribution in [0.3, 0.4) is 0 Å². The predicted molar refractivity (Wildman–Crippen MR) is 57.6 cm³/mol. The normalized spacial score (nSPS) is 14.6. The third-order valence-corrected chi connectivity index (χ3v) is 2.73. The summed E-state index contributed by atoms with van der Waals surface area (Å²) in [5.74, 6) is 0. The highest BCUT2D eigenvalue weighted by molar-refractivity contribution is 5.68. The van der Waals surface area contributed by atoms with Crippen LogP contribution in [0, 0.1) is 6.92 Å². The molecule has 0 N–H and O–H groups in total. The summed E-state index contributed by atoms with van der Waals surface area (Å²) in [5.41, 5.74) is 2.24. The summed E-state index contributed by atoms with van der Waals surface area (Å²) in [6.45, 7) is 4.08. The van der Waals surface area contributed by atoms with E-state index in [1.165, 1.54) is 0 Å². The van der Waals surface area contributed by atoms with Gasteiger partial charge in [-0.15, -0.1) is 0 Å². The smallest absolute Gasteiger partial charge is 0.410 e. The molecule has 1 aliphatic heterocycles. The number of amides is 1. The molecule has 1 aromatic carbocycles. The Labute approximate surface area is 89.7 Å². The van der Waals surface area contributed by atoms with Gasteiger partial charge < -0.3 is 9.64 Å². The van der Waals surface area contributed by atoms with Crippen LogP contribution in [0.4, 0.5) is 4.79 Å². The summed E-state index contributed by atoms with van der Waals surface area (Å²) in [6, 6.07) is 7.95. The minimum atomic E-state index is -0.190. The summed E-state index contributed by atoms with van der Waals surface area (Å²) in [6.07, 6.45) is 0.906. The predicted octanol–water partition coefficient (Wildman–Crippen LogP) is 2.34. The molecular formula is C12H15NO2. The van der Waals surface area contributed by atoms with Gasteiger partial charge in [0.25, 0.3) is 0 Å². The molecular weight excluding hydrogens is 190 g/mol. The van der Waals surface area contributed by atoms with Gasteiger partial charge in [-0.25, -0.2) is 4.79 Å². The fourth-order valence-corrected chi connectivity index (χ4v) is 1.50. The number of carbonyl (C=O) groups excluding carboxylic acids is 1. The van der Waals surface area contributed by atoms with Crippen molar-refractivity contribution in [1.82, 2.24) is 4.90 Å². The van der Waals surface area contributed by atoms with Crippen molar-refractivity contribution in [1.29, 1.82) is 0 Å². The lowest BCUT2D eigenvalue weighted by Gasteiger charge is -2.29. The van der Waals surface area contributed by atoms with E-state index >= 15 is 0 Å². The van der Waals surface area contributed by atoms with Crippen LogP contribution in [0.15, 0.2) is 24.3 Å². The number of benzene rings is 1. The monoisotopic (exact) mass is 205 g/mol. The molecule has 1 aliphatic rings. The molecule has 0 aliphatic carbocycles. The molecule has 0 saturated carbocycles. The number of likely N-dealkylation sites (tertiary alicyclic amines) is 1. The van der Waals surface area contributed by atoms with Crippen molar-refractivity contribution in [3.63, 3.8) is 0 Å². The lowest BCUT2D eigenvalue weighted by atomic mass is 10.1. The molecule has 1 heterocycles. The molecule has 15 heavy (non-hydrogen) atoms. The second kappa shape index (κ2) is 4.34. The van der Waals surface area contributed by atoms with E-state index in [1.54, 1.807) is 4.90 Å². The Balaban J connectivity index is 1.87. The second-order valence-electron chi connectivity index (χ2n) is 3.82. The van der Waals surface area contributed by atoms with Crippen molar-refractivity contribution in [2.24, 2.45) is 0 Å². The number of carbonyl (C=O) groups is 1. The Kier molecular flexibility index (Phi) is 2.90. The van der Waals surface area contributed by atoms with Gasteiger partial charge in [-0.05, 0) is 24.5 Å². The Morgan fingerprint density at radius 2 is 2.13 bits per heavy atom. The maximum atomic E-state index is 11.4. The van der Waals surface area contributed by atoms with Gasteiger partial charge in [0.15, 0.2) is 0 Å². The Morgan fingerprint density at radius 3 is 2.73 bits per heavy atom. The van der Waals surface area contributed by atoms with E-state index in [2.05, 4.69) is 0 Å². The summed E-state index contributed by atoms with van der Waals surface area (Å²) >= 11 is 0. The van der Waals surface area contributed by atoms with Crippen LogP contribution in [0.5, 0.6) is 0 Å². The van der Waals surface area contributed by atoms with Crippen molar-refractivity contribution in [3.8, 4) is 0 Å². The zero-order valence-electron chi connectivity index (χ0n) is 8.90. The molecule has 3 heteroatoms. The molecule has 80 valence electrons. The highest BCUT2D eigenvalue weighted by Gasteiger charge is 2.21. The Hall–Kier alpha value is -1.51. The van der Waals surface area contributed by atoms with Crippen LogP contribution in [0.1, 0.15) is 17.5 Å². The molecule has 0 spiro atoms. The first-order chi connectivity index (χ1) is 7.27. The Morgan fingerprint density at radius 1 is 1.40 bits per heavy atom. The topological polar surface area (TPSA) is 29.5 Å². The van der Waals surface area contributed by atoms with Gasteiger partial charge in [-0.2, -0.15) is 0 Å². The number of aryl methyl sites for hydroxylation is 1. The van der Waals surface area contributed by atoms with Crippen molar-refractivity contribution in [2.75, 3.05) is 13.1 Å². The van der Waals surface area contributed by atoms with Gasteiger partial charge >= 0.3 is 6.09 Å². The van der Waals surface area contributed by atoms with Crippen molar-refractivity contribution >= 4 is 6.09 Å². The van der Waals surface area contributed by atoms with Crippen LogP contribution in [-0.2, 0) is 11.3 Å². The molecule has 0 radical (unpaired) electrons.